The monoisotopic (exact) mass is 182 g/mol. The number of hydrogen-bond donors (Lipinski definition) is 0. The minimum Gasteiger partial charge on any atom is -0.269 e. The van der Waals surface area contributed by atoms with E-state index < -0.39 is 8.07 Å². The molecule has 0 aromatic heterocycles. The summed E-state index contributed by atoms with van der Waals surface area (Å²) in [5, 5.41) is 0. The number of halogens is 2. The van der Waals surface area contributed by atoms with Gasteiger partial charge in [-0.25, -0.2) is 0 Å². The highest BCUT2D eigenvalue weighted by molar-refractivity contribution is 6.78. The molecular weight excluding hydrogens is 162 g/mol. The highest BCUT2D eigenvalue weighted by atomic mass is 28.3. The van der Waals surface area contributed by atoms with Crippen molar-refractivity contribution in [3.63, 3.8) is 0 Å². The average Bonchev–Trinajstić information content (AvgIpc) is 1.77. The fourth-order valence-electron chi connectivity index (χ4n) is 1.67. The fourth-order valence-corrected chi connectivity index (χ4v) is 4.31. The predicted octanol–water partition coefficient (Wildman–Crippen LogP) is 3.57. The molecule has 1 aliphatic heterocycles. The van der Waals surface area contributed by atoms with Crippen LogP contribution in [-0.2, 0) is 0 Å². The lowest BCUT2D eigenvalue weighted by Crippen LogP contribution is -2.33. The Morgan fingerprint density at radius 2 is 1.64 bits per heavy atom. The van der Waals surface area contributed by atoms with Crippen LogP contribution in [0.2, 0.25) is 24.7 Å². The second-order valence-corrected chi connectivity index (χ2v) is 9.60. The van der Waals surface area contributed by atoms with Crippen molar-refractivity contribution in [1.82, 2.24) is 0 Å². The van der Waals surface area contributed by atoms with E-state index in [1.165, 1.54) is 19.3 Å². The predicted molar refractivity (Wildman–Crippen MR) is 50.6 cm³/mol. The lowest BCUT2D eigenvalue weighted by atomic mass is 10.2. The molecule has 1 rings (SSSR count). The Balaban J connectivity index is 0. The summed E-state index contributed by atoms with van der Waals surface area (Å²) in [6.07, 6.45) is 4.53. The second-order valence-electron chi connectivity index (χ2n) is 4.14. The maximum Gasteiger partial charge on any atom is 0.0502 e. The summed E-state index contributed by atoms with van der Waals surface area (Å²) in [6, 6.07) is 1.58. The first-order valence-corrected chi connectivity index (χ1v) is 7.41. The van der Waals surface area contributed by atoms with E-state index in [0.29, 0.717) is 0 Å². The van der Waals surface area contributed by atoms with Gasteiger partial charge in [-0.3, -0.25) is 9.41 Å². The highest BCUT2D eigenvalue weighted by Crippen LogP contribution is 2.36. The molecular formula is C8H20F2Si. The van der Waals surface area contributed by atoms with Crippen LogP contribution in [0.25, 0.3) is 0 Å². The van der Waals surface area contributed by atoms with Gasteiger partial charge in [0.1, 0.15) is 0 Å². The second kappa shape index (κ2) is 4.86. The normalized spacial score (nSPS) is 28.1. The lowest BCUT2D eigenvalue weighted by molar-refractivity contribution is 0.635. The van der Waals surface area contributed by atoms with Crippen LogP contribution in [0.3, 0.4) is 0 Å². The molecule has 3 heteroatoms. The molecule has 11 heavy (non-hydrogen) atoms. The Kier molecular flexibility index (Phi) is 6.03. The highest BCUT2D eigenvalue weighted by Gasteiger charge is 2.30. The Bertz CT molecular complexity index is 104. The van der Waals surface area contributed by atoms with Crippen LogP contribution in [0.4, 0.5) is 9.41 Å². The van der Waals surface area contributed by atoms with Gasteiger partial charge in [-0.15, -0.1) is 0 Å². The van der Waals surface area contributed by atoms with Crippen molar-refractivity contribution >= 4 is 8.07 Å². The van der Waals surface area contributed by atoms with Crippen molar-refractivity contribution < 1.29 is 9.41 Å². The molecule has 0 aromatic carbocycles. The molecule has 0 saturated carbocycles. The summed E-state index contributed by atoms with van der Waals surface area (Å²) >= 11 is 0. The Hall–Kier alpha value is 0.0769. The van der Waals surface area contributed by atoms with E-state index in [2.05, 4.69) is 20.0 Å². The van der Waals surface area contributed by atoms with E-state index in [4.69, 9.17) is 0 Å². The van der Waals surface area contributed by atoms with Gasteiger partial charge in [-0.05, 0) is 5.54 Å². The third-order valence-corrected chi connectivity index (χ3v) is 7.64. The van der Waals surface area contributed by atoms with Crippen molar-refractivity contribution in [3.05, 3.63) is 0 Å². The standard InChI is InChI=1S/C8H18Si.2FH/c1-8-6-4-5-7-9(8,2)3;;/h8H,4-7H2,1-3H3;2*1H. The van der Waals surface area contributed by atoms with Crippen molar-refractivity contribution in [3.8, 4) is 0 Å². The number of hydrogen-bond acceptors (Lipinski definition) is 0. The van der Waals surface area contributed by atoms with Crippen molar-refractivity contribution in [1.29, 1.82) is 0 Å². The molecule has 0 aliphatic carbocycles. The molecule has 1 aliphatic rings. The van der Waals surface area contributed by atoms with Gasteiger partial charge in [0.2, 0.25) is 0 Å². The van der Waals surface area contributed by atoms with Crippen molar-refractivity contribution in [2.75, 3.05) is 0 Å². The lowest BCUT2D eigenvalue weighted by Gasteiger charge is -2.34. The topological polar surface area (TPSA) is 0 Å². The van der Waals surface area contributed by atoms with Crippen LogP contribution in [0.5, 0.6) is 0 Å². The molecule has 0 spiro atoms. The van der Waals surface area contributed by atoms with E-state index in [1.807, 2.05) is 0 Å². The average molecular weight is 182 g/mol. The van der Waals surface area contributed by atoms with Gasteiger partial charge in [-0.1, -0.05) is 45.3 Å². The van der Waals surface area contributed by atoms with Gasteiger partial charge in [0.15, 0.2) is 0 Å². The van der Waals surface area contributed by atoms with Gasteiger partial charge in [0, 0.05) is 0 Å². The molecule has 1 atom stereocenters. The first-order valence-electron chi connectivity index (χ1n) is 4.13. The smallest absolute Gasteiger partial charge is 0.0502 e. The Labute approximate surface area is 69.1 Å². The van der Waals surface area contributed by atoms with Gasteiger partial charge >= 0.3 is 0 Å². The minimum atomic E-state index is -0.694. The van der Waals surface area contributed by atoms with E-state index in [-0.39, 0.29) is 9.41 Å². The van der Waals surface area contributed by atoms with E-state index >= 15 is 0 Å². The SMILES string of the molecule is CC1CCCC[Si]1(C)C.F.F. The largest absolute Gasteiger partial charge is 0.269 e. The summed E-state index contributed by atoms with van der Waals surface area (Å²) in [5.74, 6) is 0. The van der Waals surface area contributed by atoms with E-state index in [9.17, 15) is 0 Å². The quantitative estimate of drug-likeness (QED) is 0.502. The maximum atomic E-state index is 2.54. The fraction of sp³-hybridized carbons (Fsp3) is 1.00. The van der Waals surface area contributed by atoms with Gasteiger partial charge in [0.25, 0.3) is 0 Å². The Morgan fingerprint density at radius 3 is 1.91 bits per heavy atom. The zero-order chi connectivity index (χ0) is 6.91. The molecule has 0 amide bonds. The van der Waals surface area contributed by atoms with Crippen LogP contribution in [0, 0.1) is 0 Å². The zero-order valence-electron chi connectivity index (χ0n) is 7.72. The molecule has 1 saturated heterocycles. The first-order chi connectivity index (χ1) is 4.13. The molecule has 1 heterocycles. The summed E-state index contributed by atoms with van der Waals surface area (Å²) in [7, 11) is -0.694. The molecule has 1 unspecified atom stereocenters. The van der Waals surface area contributed by atoms with Crippen LogP contribution >= 0.6 is 0 Å². The van der Waals surface area contributed by atoms with Crippen molar-refractivity contribution in [2.45, 2.75) is 50.9 Å². The molecule has 70 valence electrons. The van der Waals surface area contributed by atoms with Crippen LogP contribution in [-0.4, -0.2) is 8.07 Å². The molecule has 0 N–H and O–H groups in total. The summed E-state index contributed by atoms with van der Waals surface area (Å²) < 4.78 is 0. The first kappa shape index (κ1) is 13.7. The maximum absolute atomic E-state index is 2.54. The van der Waals surface area contributed by atoms with Crippen LogP contribution < -0.4 is 0 Å². The minimum absolute atomic E-state index is 0. The third-order valence-electron chi connectivity index (χ3n) is 3.04. The number of rotatable bonds is 0. The molecule has 0 radical (unpaired) electrons. The Morgan fingerprint density at radius 1 is 1.09 bits per heavy atom. The summed E-state index contributed by atoms with van der Waals surface area (Å²) in [6.45, 7) is 7.53. The zero-order valence-corrected chi connectivity index (χ0v) is 8.72. The van der Waals surface area contributed by atoms with Gasteiger partial charge < -0.3 is 0 Å². The van der Waals surface area contributed by atoms with E-state index in [1.54, 1.807) is 6.04 Å². The van der Waals surface area contributed by atoms with E-state index in [0.717, 1.165) is 5.54 Å². The molecule has 1 fully saturated rings. The molecule has 0 bridgehead atoms. The van der Waals surface area contributed by atoms with Crippen LogP contribution in [0.1, 0.15) is 26.2 Å². The van der Waals surface area contributed by atoms with Crippen LogP contribution in [0.15, 0.2) is 0 Å². The molecule has 0 nitrogen and oxygen atoms in total. The van der Waals surface area contributed by atoms with Gasteiger partial charge in [-0.2, -0.15) is 0 Å². The van der Waals surface area contributed by atoms with Gasteiger partial charge in [0.05, 0.1) is 8.07 Å². The molecule has 0 aromatic rings. The summed E-state index contributed by atoms with van der Waals surface area (Å²) in [5.41, 5.74) is 1.09. The van der Waals surface area contributed by atoms with Crippen molar-refractivity contribution in [2.24, 2.45) is 0 Å². The summed E-state index contributed by atoms with van der Waals surface area (Å²) in [4.78, 5) is 0. The third kappa shape index (κ3) is 3.32.